The molecule has 1 aliphatic carbocycles. The van der Waals surface area contributed by atoms with Gasteiger partial charge in [-0.2, -0.15) is 5.10 Å². The largest absolute Gasteiger partial charge is 0.453 e. The van der Waals surface area contributed by atoms with Crippen molar-refractivity contribution in [2.45, 2.75) is 32.7 Å². The zero-order chi connectivity index (χ0) is 15.0. The Labute approximate surface area is 122 Å². The van der Waals surface area contributed by atoms with Gasteiger partial charge in [-0.1, -0.05) is 0 Å². The second kappa shape index (κ2) is 5.20. The smallest absolute Gasteiger partial charge is 0.356 e. The van der Waals surface area contributed by atoms with Crippen LogP contribution in [0.4, 0.5) is 0 Å². The van der Waals surface area contributed by atoms with Crippen molar-refractivity contribution in [3.05, 3.63) is 41.0 Å². The van der Waals surface area contributed by atoms with E-state index in [0.29, 0.717) is 11.6 Å². The average molecular weight is 287 g/mol. The predicted molar refractivity (Wildman–Crippen MR) is 75.4 cm³/mol. The van der Waals surface area contributed by atoms with Gasteiger partial charge in [0.25, 0.3) is 0 Å². The van der Waals surface area contributed by atoms with E-state index in [0.717, 1.165) is 11.4 Å². The Kier molecular flexibility index (Phi) is 3.37. The molecule has 2 aromatic rings. The van der Waals surface area contributed by atoms with Crippen molar-refractivity contribution in [1.29, 1.82) is 0 Å². The molecule has 0 saturated heterocycles. The maximum absolute atomic E-state index is 12.2. The molecule has 0 unspecified atom stereocenters. The van der Waals surface area contributed by atoms with Gasteiger partial charge in [0, 0.05) is 29.2 Å². The number of carbonyl (C=O) groups excluding carboxylic acids is 2. The van der Waals surface area contributed by atoms with E-state index >= 15 is 0 Å². The van der Waals surface area contributed by atoms with Crippen molar-refractivity contribution in [2.75, 3.05) is 6.61 Å². The van der Waals surface area contributed by atoms with Crippen LogP contribution in [0.25, 0.3) is 0 Å². The van der Waals surface area contributed by atoms with E-state index in [1.165, 1.54) is 25.1 Å². The molecular weight excluding hydrogens is 270 g/mol. The van der Waals surface area contributed by atoms with Crippen LogP contribution in [-0.4, -0.2) is 33.1 Å². The fourth-order valence-electron chi connectivity index (χ4n) is 2.61. The molecule has 0 aromatic carbocycles. The summed E-state index contributed by atoms with van der Waals surface area (Å²) in [4.78, 5) is 23.9. The number of nitrogens with zero attached hydrogens (tertiary/aromatic N) is 2. The lowest BCUT2D eigenvalue weighted by Crippen LogP contribution is -2.15. The summed E-state index contributed by atoms with van der Waals surface area (Å²) < 4.78 is 7.21. The molecule has 0 bridgehead atoms. The second-order valence-electron chi connectivity index (χ2n) is 5.36. The number of nitrogens with one attached hydrogen (secondary N) is 1. The summed E-state index contributed by atoms with van der Waals surface area (Å²) in [7, 11) is 0. The molecule has 0 spiro atoms. The molecule has 0 radical (unpaired) electrons. The summed E-state index contributed by atoms with van der Waals surface area (Å²) in [6.07, 6.45) is 3.79. The first kappa shape index (κ1) is 13.6. The summed E-state index contributed by atoms with van der Waals surface area (Å²) >= 11 is 0. The van der Waals surface area contributed by atoms with E-state index in [1.54, 1.807) is 0 Å². The highest BCUT2D eigenvalue weighted by Crippen LogP contribution is 2.38. The number of aromatic nitrogens is 3. The lowest BCUT2D eigenvalue weighted by atomic mass is 10.1. The van der Waals surface area contributed by atoms with Crippen LogP contribution >= 0.6 is 0 Å². The van der Waals surface area contributed by atoms with Crippen molar-refractivity contribution in [2.24, 2.45) is 0 Å². The Hall–Kier alpha value is -2.37. The van der Waals surface area contributed by atoms with Crippen LogP contribution in [0.1, 0.15) is 51.1 Å². The number of Topliss-reactive ketones (excluding diaryl/α,β-unsaturated/α-hetero) is 1. The fraction of sp³-hybridized carbons (Fsp3) is 0.400. The molecule has 1 N–H and O–H groups in total. The first-order valence-electron chi connectivity index (χ1n) is 6.96. The third-order valence-electron chi connectivity index (χ3n) is 3.75. The van der Waals surface area contributed by atoms with Gasteiger partial charge < -0.3 is 9.30 Å². The van der Waals surface area contributed by atoms with Gasteiger partial charge in [0.1, 0.15) is 5.69 Å². The second-order valence-corrected chi connectivity index (χ2v) is 5.36. The maximum atomic E-state index is 12.2. The van der Waals surface area contributed by atoms with Crippen molar-refractivity contribution < 1.29 is 14.3 Å². The Bertz CT molecular complexity index is 681. The monoisotopic (exact) mass is 287 g/mol. The molecule has 6 nitrogen and oxygen atoms in total. The summed E-state index contributed by atoms with van der Waals surface area (Å²) in [6.45, 7) is 3.68. The van der Waals surface area contributed by atoms with Gasteiger partial charge in [0.05, 0.1) is 0 Å². The number of carbonyl (C=O) groups is 2. The minimum absolute atomic E-state index is 0.178. The summed E-state index contributed by atoms with van der Waals surface area (Å²) in [5, 5.41) is 6.18. The Morgan fingerprint density at radius 2 is 2.19 bits per heavy atom. The number of hydrogen-bond acceptors (Lipinski definition) is 4. The Morgan fingerprint density at radius 3 is 2.81 bits per heavy atom. The van der Waals surface area contributed by atoms with E-state index in [4.69, 9.17) is 4.74 Å². The van der Waals surface area contributed by atoms with Crippen LogP contribution in [0, 0.1) is 13.8 Å². The van der Waals surface area contributed by atoms with Gasteiger partial charge in [-0.15, -0.1) is 0 Å². The highest BCUT2D eigenvalue weighted by molar-refractivity contribution is 6.00. The summed E-state index contributed by atoms with van der Waals surface area (Å²) in [6, 6.07) is 3.91. The van der Waals surface area contributed by atoms with Crippen LogP contribution in [-0.2, 0) is 4.74 Å². The molecule has 1 aliphatic rings. The van der Waals surface area contributed by atoms with Crippen LogP contribution in [0.2, 0.25) is 0 Å². The number of esters is 1. The average Bonchev–Trinajstić information content (AvgIpc) is 3.03. The molecule has 2 aromatic heterocycles. The van der Waals surface area contributed by atoms with E-state index in [9.17, 15) is 9.59 Å². The summed E-state index contributed by atoms with van der Waals surface area (Å²) in [5.41, 5.74) is 2.92. The van der Waals surface area contributed by atoms with Crippen molar-refractivity contribution in [3.8, 4) is 0 Å². The van der Waals surface area contributed by atoms with Gasteiger partial charge in [0.2, 0.25) is 5.78 Å². The Morgan fingerprint density at radius 1 is 1.43 bits per heavy atom. The third kappa shape index (κ3) is 2.61. The normalized spacial score (nSPS) is 14.2. The lowest BCUT2D eigenvalue weighted by Gasteiger charge is -2.07. The highest BCUT2D eigenvalue weighted by Gasteiger charge is 2.28. The number of aryl methyl sites for hydroxylation is 1. The van der Waals surface area contributed by atoms with E-state index < -0.39 is 5.97 Å². The maximum Gasteiger partial charge on any atom is 0.356 e. The third-order valence-corrected chi connectivity index (χ3v) is 3.75. The lowest BCUT2D eigenvalue weighted by molar-refractivity contribution is 0.0468. The van der Waals surface area contributed by atoms with Crippen molar-refractivity contribution >= 4 is 11.8 Å². The van der Waals surface area contributed by atoms with Crippen molar-refractivity contribution in [1.82, 2.24) is 14.8 Å². The van der Waals surface area contributed by atoms with Gasteiger partial charge in [-0.3, -0.25) is 9.89 Å². The minimum atomic E-state index is -0.572. The standard InChI is InChI=1S/C15H17N3O3/c1-9-7-12(10(2)18(9)11-3-4-11)14(19)8-21-15(20)13-5-6-16-17-13/h5-7,11H,3-4,8H2,1-2H3,(H,16,17). The highest BCUT2D eigenvalue weighted by atomic mass is 16.5. The molecular formula is C15H17N3O3. The zero-order valence-electron chi connectivity index (χ0n) is 12.0. The molecule has 2 heterocycles. The molecule has 0 amide bonds. The van der Waals surface area contributed by atoms with E-state index in [2.05, 4.69) is 14.8 Å². The number of aromatic amines is 1. The van der Waals surface area contributed by atoms with Crippen molar-refractivity contribution in [3.63, 3.8) is 0 Å². The fourth-order valence-corrected chi connectivity index (χ4v) is 2.61. The number of hydrogen-bond donors (Lipinski definition) is 1. The van der Waals surface area contributed by atoms with Gasteiger partial charge in [-0.05, 0) is 38.8 Å². The first-order valence-corrected chi connectivity index (χ1v) is 6.96. The molecule has 1 fully saturated rings. The number of ketones is 1. The quantitative estimate of drug-likeness (QED) is 0.675. The van der Waals surface area contributed by atoms with Crippen LogP contribution < -0.4 is 0 Å². The minimum Gasteiger partial charge on any atom is -0.453 e. The Balaban J connectivity index is 1.68. The molecule has 6 heteroatoms. The first-order chi connectivity index (χ1) is 10.1. The van der Waals surface area contributed by atoms with Crippen LogP contribution in [0.15, 0.2) is 18.3 Å². The number of rotatable bonds is 5. The summed E-state index contributed by atoms with van der Waals surface area (Å²) in [5.74, 6) is -0.750. The molecule has 1 saturated carbocycles. The molecule has 21 heavy (non-hydrogen) atoms. The number of H-pyrrole nitrogens is 1. The van der Waals surface area contributed by atoms with Crippen LogP contribution in [0.5, 0.6) is 0 Å². The van der Waals surface area contributed by atoms with Gasteiger partial charge in [-0.25, -0.2) is 4.79 Å². The molecule has 0 atom stereocenters. The number of ether oxygens (including phenoxy) is 1. The predicted octanol–water partition coefficient (Wildman–Crippen LogP) is 2.20. The van der Waals surface area contributed by atoms with E-state index in [1.807, 2.05) is 19.9 Å². The van der Waals surface area contributed by atoms with Crippen LogP contribution in [0.3, 0.4) is 0 Å². The molecule has 0 aliphatic heterocycles. The molecule has 3 rings (SSSR count). The van der Waals surface area contributed by atoms with Gasteiger partial charge >= 0.3 is 5.97 Å². The van der Waals surface area contributed by atoms with Gasteiger partial charge in [0.15, 0.2) is 6.61 Å². The topological polar surface area (TPSA) is 77.0 Å². The SMILES string of the molecule is Cc1cc(C(=O)COC(=O)c2ccn[nH]2)c(C)n1C1CC1. The zero-order valence-corrected chi connectivity index (χ0v) is 12.0. The molecule has 110 valence electrons. The van der Waals surface area contributed by atoms with E-state index in [-0.39, 0.29) is 18.1 Å².